The summed E-state index contributed by atoms with van der Waals surface area (Å²) >= 11 is 0. The van der Waals surface area contributed by atoms with E-state index in [1.807, 2.05) is 26.0 Å². The molecule has 1 aliphatic heterocycles. The molecule has 1 saturated heterocycles. The molecule has 6 nitrogen and oxygen atoms in total. The minimum atomic E-state index is -0.311. The first-order valence-electron chi connectivity index (χ1n) is 10.4. The van der Waals surface area contributed by atoms with E-state index in [-0.39, 0.29) is 47.6 Å². The van der Waals surface area contributed by atoms with Crippen LogP contribution in [0.1, 0.15) is 34.3 Å². The summed E-state index contributed by atoms with van der Waals surface area (Å²) in [6.07, 6.45) is 1.71. The first-order valence-corrected chi connectivity index (χ1v) is 10.4. The van der Waals surface area contributed by atoms with Crippen LogP contribution in [0, 0.1) is 37.5 Å². The third-order valence-electron chi connectivity index (χ3n) is 6.68. The maximum Gasteiger partial charge on any atom is 0.310 e. The molecular formula is C24H24N2O4. The van der Waals surface area contributed by atoms with Crippen molar-refractivity contribution in [3.63, 3.8) is 0 Å². The molecule has 5 atom stereocenters. The van der Waals surface area contributed by atoms with Crippen molar-refractivity contribution in [3.05, 3.63) is 59.2 Å². The lowest BCUT2D eigenvalue weighted by Crippen LogP contribution is -2.35. The van der Waals surface area contributed by atoms with Crippen LogP contribution in [0.25, 0.3) is 0 Å². The Morgan fingerprint density at radius 1 is 0.933 bits per heavy atom. The zero-order valence-corrected chi connectivity index (χ0v) is 17.0. The molecule has 2 N–H and O–H groups in total. The lowest BCUT2D eigenvalue weighted by Gasteiger charge is -2.23. The fraction of sp³-hybridized carbons (Fsp3) is 0.375. The van der Waals surface area contributed by atoms with Crippen molar-refractivity contribution in [2.75, 3.05) is 10.6 Å². The van der Waals surface area contributed by atoms with Crippen LogP contribution in [0.2, 0.25) is 0 Å². The highest BCUT2D eigenvalue weighted by molar-refractivity contribution is 6.05. The standard InChI is InChI=1S/C24H24N2O4/c1-12-7-13(2)9-17(8-12)26-22(27)14-3-5-16(6-4-14)25-23(28)20-15-10-18-19(11-15)30-24(29)21(18)20/h3-9,15,18-21H,10-11H2,1-2H3,(H,25,28)(H,26,27)/t15-,18+,19-,20+,21+/m1/s1. The number of amides is 2. The number of ether oxygens (including phenoxy) is 1. The average Bonchev–Trinajstić information content (AvgIpc) is 3.30. The molecule has 2 bridgehead atoms. The van der Waals surface area contributed by atoms with Gasteiger partial charge in [-0.05, 0) is 80.1 Å². The molecule has 2 saturated carbocycles. The van der Waals surface area contributed by atoms with E-state index < -0.39 is 0 Å². The van der Waals surface area contributed by atoms with E-state index in [4.69, 9.17) is 4.74 Å². The zero-order valence-electron chi connectivity index (χ0n) is 17.0. The van der Waals surface area contributed by atoms with Crippen LogP contribution in [0.3, 0.4) is 0 Å². The second-order valence-electron chi connectivity index (χ2n) is 8.82. The molecule has 0 aromatic heterocycles. The summed E-state index contributed by atoms with van der Waals surface area (Å²) in [5.74, 6) is -0.731. The molecule has 1 heterocycles. The van der Waals surface area contributed by atoms with E-state index in [2.05, 4.69) is 16.7 Å². The van der Waals surface area contributed by atoms with Crippen LogP contribution in [0.4, 0.5) is 11.4 Å². The van der Waals surface area contributed by atoms with E-state index in [9.17, 15) is 14.4 Å². The highest BCUT2D eigenvalue weighted by Crippen LogP contribution is 2.57. The Morgan fingerprint density at radius 3 is 2.33 bits per heavy atom. The van der Waals surface area contributed by atoms with E-state index >= 15 is 0 Å². The van der Waals surface area contributed by atoms with Gasteiger partial charge in [0.2, 0.25) is 5.91 Å². The van der Waals surface area contributed by atoms with Gasteiger partial charge in [0, 0.05) is 22.9 Å². The number of aryl methyl sites for hydroxylation is 2. The minimum Gasteiger partial charge on any atom is -0.462 e. The van der Waals surface area contributed by atoms with Gasteiger partial charge in [-0.15, -0.1) is 0 Å². The van der Waals surface area contributed by atoms with Gasteiger partial charge in [-0.1, -0.05) is 6.07 Å². The molecule has 2 aromatic carbocycles. The Bertz CT molecular complexity index is 1020. The number of carbonyl (C=O) groups is 3. The van der Waals surface area contributed by atoms with Gasteiger partial charge in [-0.2, -0.15) is 0 Å². The molecular weight excluding hydrogens is 380 g/mol. The normalized spacial score (nSPS) is 28.3. The zero-order chi connectivity index (χ0) is 21.0. The third-order valence-corrected chi connectivity index (χ3v) is 6.68. The Labute approximate surface area is 175 Å². The molecule has 5 rings (SSSR count). The van der Waals surface area contributed by atoms with Gasteiger partial charge in [0.05, 0.1) is 11.8 Å². The molecule has 2 amide bonds. The summed E-state index contributed by atoms with van der Waals surface area (Å²) in [5.41, 5.74) is 4.05. The Hall–Kier alpha value is -3.15. The topological polar surface area (TPSA) is 84.5 Å². The van der Waals surface area contributed by atoms with Gasteiger partial charge >= 0.3 is 5.97 Å². The number of hydrogen-bond donors (Lipinski definition) is 2. The van der Waals surface area contributed by atoms with Gasteiger partial charge in [-0.25, -0.2) is 0 Å². The van der Waals surface area contributed by atoms with E-state index in [0.29, 0.717) is 11.3 Å². The second kappa shape index (κ2) is 6.97. The number of anilines is 2. The summed E-state index contributed by atoms with van der Waals surface area (Å²) in [6, 6.07) is 12.7. The molecule has 0 spiro atoms. The summed E-state index contributed by atoms with van der Waals surface area (Å²) in [5, 5.41) is 5.83. The molecule has 0 radical (unpaired) electrons. The number of hydrogen-bond acceptors (Lipinski definition) is 4. The summed E-state index contributed by atoms with van der Waals surface area (Å²) in [7, 11) is 0. The Kier molecular flexibility index (Phi) is 4.38. The smallest absolute Gasteiger partial charge is 0.310 e. The van der Waals surface area contributed by atoms with Crippen LogP contribution in [-0.2, 0) is 14.3 Å². The van der Waals surface area contributed by atoms with Gasteiger partial charge in [-0.3, -0.25) is 14.4 Å². The van der Waals surface area contributed by atoms with E-state index in [0.717, 1.165) is 29.7 Å². The highest BCUT2D eigenvalue weighted by Gasteiger charge is 2.63. The first-order chi connectivity index (χ1) is 14.4. The van der Waals surface area contributed by atoms with Crippen LogP contribution in [-0.4, -0.2) is 23.9 Å². The Balaban J connectivity index is 1.25. The summed E-state index contributed by atoms with van der Waals surface area (Å²) in [4.78, 5) is 37.5. The predicted molar refractivity (Wildman–Crippen MR) is 112 cm³/mol. The Morgan fingerprint density at radius 2 is 1.63 bits per heavy atom. The van der Waals surface area contributed by atoms with Gasteiger partial charge < -0.3 is 15.4 Å². The molecule has 6 heteroatoms. The van der Waals surface area contributed by atoms with Crippen LogP contribution < -0.4 is 10.6 Å². The molecule has 154 valence electrons. The van der Waals surface area contributed by atoms with Gasteiger partial charge in [0.25, 0.3) is 5.91 Å². The largest absolute Gasteiger partial charge is 0.462 e. The predicted octanol–water partition coefficient (Wildman–Crippen LogP) is 3.69. The maximum atomic E-state index is 12.9. The van der Waals surface area contributed by atoms with Crippen molar-refractivity contribution in [1.82, 2.24) is 0 Å². The quantitative estimate of drug-likeness (QED) is 0.761. The number of carbonyl (C=O) groups excluding carboxylic acids is 3. The lowest BCUT2D eigenvalue weighted by atomic mass is 9.79. The molecule has 2 aliphatic carbocycles. The molecule has 30 heavy (non-hydrogen) atoms. The summed E-state index contributed by atoms with van der Waals surface area (Å²) < 4.78 is 5.41. The SMILES string of the molecule is Cc1cc(C)cc(NC(=O)c2ccc(NC(=O)[C@H]3[C@@H]4C[C@@H]5[C@@H]3C(=O)O[C@@H]5C4)cc2)c1. The number of nitrogens with one attached hydrogen (secondary N) is 2. The summed E-state index contributed by atoms with van der Waals surface area (Å²) in [6.45, 7) is 3.98. The number of fused-ring (bicyclic) bond motifs is 1. The molecule has 2 aromatic rings. The van der Waals surface area contributed by atoms with Crippen LogP contribution in [0.15, 0.2) is 42.5 Å². The number of rotatable bonds is 4. The van der Waals surface area contributed by atoms with Crippen LogP contribution in [0.5, 0.6) is 0 Å². The van der Waals surface area contributed by atoms with Crippen molar-refractivity contribution in [2.45, 2.75) is 32.8 Å². The average molecular weight is 404 g/mol. The monoisotopic (exact) mass is 404 g/mol. The minimum absolute atomic E-state index is 0.0199. The van der Waals surface area contributed by atoms with E-state index in [1.165, 1.54) is 0 Å². The van der Waals surface area contributed by atoms with Gasteiger partial charge in [0.15, 0.2) is 0 Å². The molecule has 3 fully saturated rings. The number of esters is 1. The van der Waals surface area contributed by atoms with Crippen LogP contribution >= 0.6 is 0 Å². The molecule has 3 aliphatic rings. The fourth-order valence-corrected chi connectivity index (χ4v) is 5.54. The molecule has 0 unspecified atom stereocenters. The van der Waals surface area contributed by atoms with Crippen molar-refractivity contribution in [1.29, 1.82) is 0 Å². The maximum absolute atomic E-state index is 12.9. The van der Waals surface area contributed by atoms with Gasteiger partial charge in [0.1, 0.15) is 6.10 Å². The first kappa shape index (κ1) is 18.9. The van der Waals surface area contributed by atoms with Crippen molar-refractivity contribution in [3.8, 4) is 0 Å². The van der Waals surface area contributed by atoms with Crippen molar-refractivity contribution < 1.29 is 19.1 Å². The highest BCUT2D eigenvalue weighted by atomic mass is 16.6. The number of benzene rings is 2. The second-order valence-corrected chi connectivity index (χ2v) is 8.82. The van der Waals surface area contributed by atoms with Crippen molar-refractivity contribution >= 4 is 29.2 Å². The fourth-order valence-electron chi connectivity index (χ4n) is 5.54. The van der Waals surface area contributed by atoms with E-state index in [1.54, 1.807) is 24.3 Å². The lowest BCUT2D eigenvalue weighted by molar-refractivity contribution is -0.145. The van der Waals surface area contributed by atoms with Crippen molar-refractivity contribution in [2.24, 2.45) is 23.7 Å². The third kappa shape index (κ3) is 3.16.